The van der Waals surface area contributed by atoms with Crippen LogP contribution in [0.2, 0.25) is 0 Å². The highest BCUT2D eigenvalue weighted by molar-refractivity contribution is 6.11. The predicted molar refractivity (Wildman–Crippen MR) is 154 cm³/mol. The van der Waals surface area contributed by atoms with Gasteiger partial charge in [-0.25, -0.2) is 0 Å². The van der Waals surface area contributed by atoms with Crippen LogP contribution >= 0.6 is 0 Å². The van der Waals surface area contributed by atoms with E-state index < -0.39 is 0 Å². The van der Waals surface area contributed by atoms with Gasteiger partial charge in [0.25, 0.3) is 0 Å². The van der Waals surface area contributed by atoms with Crippen LogP contribution in [-0.4, -0.2) is 9.55 Å². The molecule has 1 N–H and O–H groups in total. The number of aromatic nitrogens is 2. The second-order valence-corrected chi connectivity index (χ2v) is 10.8. The summed E-state index contributed by atoms with van der Waals surface area (Å²) in [6.45, 7) is 6.78. The topological polar surface area (TPSA) is 20.7 Å². The van der Waals surface area contributed by atoms with E-state index in [0.717, 1.165) is 0 Å². The molecule has 2 heterocycles. The molecule has 0 bridgehead atoms. The quantitative estimate of drug-likeness (QED) is 0.263. The van der Waals surface area contributed by atoms with Crippen LogP contribution in [0.3, 0.4) is 0 Å². The van der Waals surface area contributed by atoms with Gasteiger partial charge in [0, 0.05) is 38.3 Å². The molecule has 0 saturated heterocycles. The van der Waals surface area contributed by atoms with Crippen LogP contribution in [0.1, 0.15) is 26.3 Å². The van der Waals surface area contributed by atoms with E-state index in [-0.39, 0.29) is 5.41 Å². The average molecular weight is 465 g/mol. The molecule has 2 aromatic heterocycles. The van der Waals surface area contributed by atoms with Gasteiger partial charge in [0.2, 0.25) is 0 Å². The summed E-state index contributed by atoms with van der Waals surface area (Å²) in [5.74, 6) is 0. The molecular formula is C34H28N2. The Morgan fingerprint density at radius 3 is 1.92 bits per heavy atom. The lowest BCUT2D eigenvalue weighted by Crippen LogP contribution is -2.10. The third-order valence-electron chi connectivity index (χ3n) is 7.50. The highest BCUT2D eigenvalue weighted by Gasteiger charge is 2.16. The molecular weight excluding hydrogens is 436 g/mol. The van der Waals surface area contributed by atoms with E-state index in [1.807, 2.05) is 0 Å². The van der Waals surface area contributed by atoms with Gasteiger partial charge < -0.3 is 9.55 Å². The summed E-state index contributed by atoms with van der Waals surface area (Å²) in [6, 6.07) is 39.9. The van der Waals surface area contributed by atoms with E-state index in [0.29, 0.717) is 0 Å². The second kappa shape index (κ2) is 7.60. The fraction of sp³-hybridized carbons (Fsp3) is 0.118. The van der Waals surface area contributed by atoms with Crippen molar-refractivity contribution < 1.29 is 0 Å². The molecule has 0 aliphatic rings. The number of benzene rings is 5. The van der Waals surface area contributed by atoms with E-state index in [2.05, 4.69) is 140 Å². The third-order valence-corrected chi connectivity index (χ3v) is 7.50. The minimum absolute atomic E-state index is 0.139. The number of para-hydroxylation sites is 2. The van der Waals surface area contributed by atoms with Crippen molar-refractivity contribution in [2.45, 2.75) is 26.2 Å². The lowest BCUT2D eigenvalue weighted by Gasteiger charge is -2.19. The van der Waals surface area contributed by atoms with Gasteiger partial charge in [0.1, 0.15) is 0 Å². The average Bonchev–Trinajstić information content (AvgIpc) is 3.43. The van der Waals surface area contributed by atoms with Gasteiger partial charge in [-0.3, -0.25) is 0 Å². The first-order valence-corrected chi connectivity index (χ1v) is 12.6. The molecule has 0 aliphatic carbocycles. The summed E-state index contributed by atoms with van der Waals surface area (Å²) in [7, 11) is 0. The van der Waals surface area contributed by atoms with Crippen LogP contribution in [0.5, 0.6) is 0 Å². The fourth-order valence-electron chi connectivity index (χ4n) is 5.57. The SMILES string of the molecule is CC(C)(C)c1ccc(-n2c3ccccc3c3cc(-c4ccc5[nH]c6ccccc6c5c4)ccc32)cc1. The molecule has 174 valence electrons. The zero-order valence-electron chi connectivity index (χ0n) is 20.8. The molecule has 0 amide bonds. The number of nitrogens with zero attached hydrogens (tertiary/aromatic N) is 1. The van der Waals surface area contributed by atoms with Crippen molar-refractivity contribution in [3.8, 4) is 16.8 Å². The Labute approximate surface area is 210 Å². The minimum Gasteiger partial charge on any atom is -0.355 e. The molecule has 5 aromatic carbocycles. The molecule has 36 heavy (non-hydrogen) atoms. The number of rotatable bonds is 2. The molecule has 0 radical (unpaired) electrons. The van der Waals surface area contributed by atoms with Crippen molar-refractivity contribution in [3.05, 3.63) is 115 Å². The van der Waals surface area contributed by atoms with Gasteiger partial charge >= 0.3 is 0 Å². The van der Waals surface area contributed by atoms with E-state index in [1.54, 1.807) is 0 Å². The van der Waals surface area contributed by atoms with Crippen molar-refractivity contribution >= 4 is 43.6 Å². The van der Waals surface area contributed by atoms with E-state index >= 15 is 0 Å². The van der Waals surface area contributed by atoms with Gasteiger partial charge in [-0.1, -0.05) is 81.4 Å². The molecule has 7 aromatic rings. The zero-order chi connectivity index (χ0) is 24.4. The summed E-state index contributed by atoms with van der Waals surface area (Å²) >= 11 is 0. The maximum absolute atomic E-state index is 3.54. The Morgan fingerprint density at radius 1 is 0.528 bits per heavy atom. The van der Waals surface area contributed by atoms with Crippen molar-refractivity contribution in [1.82, 2.24) is 9.55 Å². The van der Waals surface area contributed by atoms with Gasteiger partial charge in [-0.2, -0.15) is 0 Å². The summed E-state index contributed by atoms with van der Waals surface area (Å²) in [5, 5.41) is 5.10. The summed E-state index contributed by atoms with van der Waals surface area (Å²) < 4.78 is 2.39. The predicted octanol–water partition coefficient (Wildman–Crippen LogP) is 9.38. The van der Waals surface area contributed by atoms with Crippen LogP contribution in [0.15, 0.2) is 109 Å². The first kappa shape index (κ1) is 21.0. The first-order valence-electron chi connectivity index (χ1n) is 12.6. The molecule has 0 spiro atoms. The summed E-state index contributed by atoms with van der Waals surface area (Å²) in [6.07, 6.45) is 0. The number of aromatic amines is 1. The lowest BCUT2D eigenvalue weighted by molar-refractivity contribution is 0.590. The summed E-state index contributed by atoms with van der Waals surface area (Å²) in [5.41, 5.74) is 9.99. The zero-order valence-corrected chi connectivity index (χ0v) is 20.8. The number of hydrogen-bond donors (Lipinski definition) is 1. The van der Waals surface area contributed by atoms with Gasteiger partial charge in [-0.05, 0) is 70.6 Å². The fourth-order valence-corrected chi connectivity index (χ4v) is 5.57. The Kier molecular flexibility index (Phi) is 4.44. The monoisotopic (exact) mass is 464 g/mol. The normalized spacial score (nSPS) is 12.3. The van der Waals surface area contributed by atoms with Crippen LogP contribution in [0, 0.1) is 0 Å². The Hall–Kier alpha value is -4.30. The maximum atomic E-state index is 3.54. The molecule has 0 saturated carbocycles. The van der Waals surface area contributed by atoms with Crippen molar-refractivity contribution in [2.75, 3.05) is 0 Å². The van der Waals surface area contributed by atoms with Crippen LogP contribution in [-0.2, 0) is 5.41 Å². The largest absolute Gasteiger partial charge is 0.355 e. The van der Waals surface area contributed by atoms with E-state index in [4.69, 9.17) is 0 Å². The Bertz CT molecular complexity index is 1910. The van der Waals surface area contributed by atoms with Crippen LogP contribution < -0.4 is 0 Å². The smallest absolute Gasteiger partial charge is 0.0541 e. The number of H-pyrrole nitrogens is 1. The number of fused-ring (bicyclic) bond motifs is 6. The molecule has 7 rings (SSSR count). The molecule has 0 aliphatic heterocycles. The Morgan fingerprint density at radius 2 is 1.14 bits per heavy atom. The van der Waals surface area contributed by atoms with Gasteiger partial charge in [0.05, 0.1) is 11.0 Å². The van der Waals surface area contributed by atoms with E-state index in [1.165, 1.54) is 66.0 Å². The molecule has 0 fully saturated rings. The number of nitrogens with one attached hydrogen (secondary N) is 1. The van der Waals surface area contributed by atoms with Gasteiger partial charge in [0.15, 0.2) is 0 Å². The molecule has 2 nitrogen and oxygen atoms in total. The lowest BCUT2D eigenvalue weighted by atomic mass is 9.87. The highest BCUT2D eigenvalue weighted by atomic mass is 15.0. The Balaban J connectivity index is 1.42. The number of hydrogen-bond acceptors (Lipinski definition) is 0. The van der Waals surface area contributed by atoms with Crippen molar-refractivity contribution in [3.63, 3.8) is 0 Å². The maximum Gasteiger partial charge on any atom is 0.0541 e. The molecule has 0 unspecified atom stereocenters. The van der Waals surface area contributed by atoms with Gasteiger partial charge in [-0.15, -0.1) is 0 Å². The highest BCUT2D eigenvalue weighted by Crippen LogP contribution is 2.36. The van der Waals surface area contributed by atoms with Crippen LogP contribution in [0.4, 0.5) is 0 Å². The van der Waals surface area contributed by atoms with Crippen molar-refractivity contribution in [1.29, 1.82) is 0 Å². The van der Waals surface area contributed by atoms with E-state index in [9.17, 15) is 0 Å². The van der Waals surface area contributed by atoms with Crippen molar-refractivity contribution in [2.24, 2.45) is 0 Å². The first-order chi connectivity index (χ1) is 17.5. The third kappa shape index (κ3) is 3.18. The molecule has 0 atom stereocenters. The summed E-state index contributed by atoms with van der Waals surface area (Å²) in [4.78, 5) is 3.54. The van der Waals surface area contributed by atoms with Crippen LogP contribution in [0.25, 0.3) is 60.4 Å². The minimum atomic E-state index is 0.139. The second-order valence-electron chi connectivity index (χ2n) is 10.8. The molecule has 2 heteroatoms. The standard InChI is InChI=1S/C34H28N2/c1-34(2,3)24-14-16-25(17-15-24)36-32-11-7-5-9-27(32)29-21-23(13-19-33(29)36)22-12-18-31-28(20-22)26-8-4-6-10-30(26)35-31/h4-21,35H,1-3H3.